The lowest BCUT2D eigenvalue weighted by atomic mass is 9.79. The van der Waals surface area contributed by atoms with E-state index < -0.39 is 0 Å². The van der Waals surface area contributed by atoms with Crippen LogP contribution in [0.25, 0.3) is 10.4 Å². The second-order valence-electron chi connectivity index (χ2n) is 5.37. The normalized spacial score (nSPS) is 20.6. The number of benzene rings is 1. The molecule has 0 aliphatic carbocycles. The highest BCUT2D eigenvalue weighted by Gasteiger charge is 2.51. The highest BCUT2D eigenvalue weighted by molar-refractivity contribution is 6.62. The molecule has 1 saturated heterocycles. The lowest BCUT2D eigenvalue weighted by molar-refractivity contribution is 0.00578. The van der Waals surface area contributed by atoms with E-state index in [9.17, 15) is 0 Å². The predicted molar refractivity (Wildman–Crippen MR) is 71.0 cm³/mol. The van der Waals surface area contributed by atoms with Gasteiger partial charge in [-0.25, -0.2) is 0 Å². The van der Waals surface area contributed by atoms with E-state index in [1.807, 2.05) is 39.8 Å². The number of nitrogens with zero attached hydrogens (tertiary/aromatic N) is 3. The first-order chi connectivity index (χ1) is 8.36. The van der Waals surface area contributed by atoms with Gasteiger partial charge in [0.05, 0.1) is 11.2 Å². The van der Waals surface area contributed by atoms with Crippen molar-refractivity contribution in [1.29, 1.82) is 0 Å². The summed E-state index contributed by atoms with van der Waals surface area (Å²) in [7, 11) is -0.380. The maximum Gasteiger partial charge on any atom is 0.494 e. The second-order valence-corrected chi connectivity index (χ2v) is 5.37. The number of rotatable bonds is 2. The first kappa shape index (κ1) is 13.0. The standard InChI is InChI=1S/C12H16BN3O2/c1-11(2)12(3,4)18-13(17-11)9-5-7-10(8-6-9)15-16-14/h5-8H,1-4H3. The smallest absolute Gasteiger partial charge is 0.399 e. The fraction of sp³-hybridized carbons (Fsp3) is 0.500. The minimum absolute atomic E-state index is 0.346. The molecule has 0 bridgehead atoms. The van der Waals surface area contributed by atoms with E-state index >= 15 is 0 Å². The minimum Gasteiger partial charge on any atom is -0.399 e. The lowest BCUT2D eigenvalue weighted by Crippen LogP contribution is -2.41. The van der Waals surface area contributed by atoms with Crippen LogP contribution in [-0.2, 0) is 9.31 Å². The fourth-order valence-electron chi connectivity index (χ4n) is 1.73. The van der Waals surface area contributed by atoms with Crippen molar-refractivity contribution >= 4 is 18.3 Å². The molecule has 1 heterocycles. The second kappa shape index (κ2) is 4.32. The van der Waals surface area contributed by atoms with Crippen LogP contribution in [0.15, 0.2) is 29.4 Å². The summed E-state index contributed by atoms with van der Waals surface area (Å²) in [5.41, 5.74) is 9.16. The summed E-state index contributed by atoms with van der Waals surface area (Å²) in [5, 5.41) is 3.53. The van der Waals surface area contributed by atoms with Crippen molar-refractivity contribution in [3.05, 3.63) is 34.7 Å². The van der Waals surface area contributed by atoms with E-state index in [1.54, 1.807) is 12.1 Å². The fourth-order valence-corrected chi connectivity index (χ4v) is 1.73. The molecule has 0 radical (unpaired) electrons. The maximum absolute atomic E-state index is 8.35. The zero-order valence-corrected chi connectivity index (χ0v) is 11.0. The van der Waals surface area contributed by atoms with Gasteiger partial charge in [0, 0.05) is 10.6 Å². The minimum atomic E-state index is -0.380. The van der Waals surface area contributed by atoms with Crippen molar-refractivity contribution in [3.63, 3.8) is 0 Å². The van der Waals surface area contributed by atoms with Gasteiger partial charge >= 0.3 is 7.12 Å². The average molecular weight is 245 g/mol. The van der Waals surface area contributed by atoms with Gasteiger partial charge < -0.3 is 9.31 Å². The molecular weight excluding hydrogens is 229 g/mol. The van der Waals surface area contributed by atoms with Gasteiger partial charge in [0.25, 0.3) is 0 Å². The molecule has 1 aliphatic heterocycles. The van der Waals surface area contributed by atoms with E-state index in [2.05, 4.69) is 10.0 Å². The number of hydrogen-bond donors (Lipinski definition) is 0. The topological polar surface area (TPSA) is 67.2 Å². The summed E-state index contributed by atoms with van der Waals surface area (Å²) in [6.07, 6.45) is 0. The third-order valence-corrected chi connectivity index (χ3v) is 3.58. The van der Waals surface area contributed by atoms with Crippen LogP contribution < -0.4 is 5.46 Å². The van der Waals surface area contributed by atoms with Crippen molar-refractivity contribution < 1.29 is 9.31 Å². The Labute approximate surface area is 107 Å². The zero-order valence-electron chi connectivity index (χ0n) is 11.0. The SMILES string of the molecule is CC1(C)OB(c2ccc(N=[N+]=[N-])cc2)OC1(C)C. The van der Waals surface area contributed by atoms with Gasteiger partial charge in [0.2, 0.25) is 0 Å². The first-order valence-electron chi connectivity index (χ1n) is 5.86. The molecule has 0 spiro atoms. The monoisotopic (exact) mass is 245 g/mol. The van der Waals surface area contributed by atoms with Gasteiger partial charge in [0.15, 0.2) is 0 Å². The lowest BCUT2D eigenvalue weighted by Gasteiger charge is -2.32. The maximum atomic E-state index is 8.35. The van der Waals surface area contributed by atoms with E-state index in [0.717, 1.165) is 5.46 Å². The molecule has 94 valence electrons. The molecule has 2 rings (SSSR count). The molecule has 0 atom stereocenters. The summed E-state index contributed by atoms with van der Waals surface area (Å²) >= 11 is 0. The molecule has 0 aromatic heterocycles. The highest BCUT2D eigenvalue weighted by atomic mass is 16.7. The van der Waals surface area contributed by atoms with Crippen molar-refractivity contribution in [3.8, 4) is 0 Å². The van der Waals surface area contributed by atoms with E-state index in [1.165, 1.54) is 0 Å². The Morgan fingerprint density at radius 1 is 1.06 bits per heavy atom. The molecule has 0 amide bonds. The van der Waals surface area contributed by atoms with Crippen molar-refractivity contribution in [1.82, 2.24) is 0 Å². The van der Waals surface area contributed by atoms with E-state index in [-0.39, 0.29) is 18.3 Å². The zero-order chi connectivity index (χ0) is 13.4. The Hall–Kier alpha value is -1.49. The largest absolute Gasteiger partial charge is 0.494 e. The molecule has 0 unspecified atom stereocenters. The molecule has 0 N–H and O–H groups in total. The molecule has 1 fully saturated rings. The first-order valence-corrected chi connectivity index (χ1v) is 5.86. The summed E-state index contributed by atoms with van der Waals surface area (Å²) in [5.74, 6) is 0. The third-order valence-electron chi connectivity index (χ3n) is 3.58. The van der Waals surface area contributed by atoms with Crippen LogP contribution in [0.4, 0.5) is 5.69 Å². The van der Waals surface area contributed by atoms with Crippen LogP contribution in [0.3, 0.4) is 0 Å². The van der Waals surface area contributed by atoms with E-state index in [0.29, 0.717) is 5.69 Å². The molecule has 1 aromatic carbocycles. The molecule has 0 saturated carbocycles. The average Bonchev–Trinajstić information content (AvgIpc) is 2.50. The van der Waals surface area contributed by atoms with Gasteiger partial charge in [-0.05, 0) is 38.7 Å². The van der Waals surface area contributed by atoms with Crippen molar-refractivity contribution in [2.45, 2.75) is 38.9 Å². The van der Waals surface area contributed by atoms with Crippen LogP contribution in [0.5, 0.6) is 0 Å². The van der Waals surface area contributed by atoms with Crippen LogP contribution in [0.1, 0.15) is 27.7 Å². The van der Waals surface area contributed by atoms with Gasteiger partial charge in [-0.1, -0.05) is 29.4 Å². The highest BCUT2D eigenvalue weighted by Crippen LogP contribution is 2.36. The van der Waals surface area contributed by atoms with Gasteiger partial charge in [-0.3, -0.25) is 0 Å². The van der Waals surface area contributed by atoms with Crippen LogP contribution in [0, 0.1) is 0 Å². The molecule has 18 heavy (non-hydrogen) atoms. The van der Waals surface area contributed by atoms with Crippen molar-refractivity contribution in [2.24, 2.45) is 5.11 Å². The van der Waals surface area contributed by atoms with Gasteiger partial charge in [-0.15, -0.1) is 0 Å². The Morgan fingerprint density at radius 2 is 1.56 bits per heavy atom. The Kier molecular flexibility index (Phi) is 3.11. The van der Waals surface area contributed by atoms with Crippen LogP contribution in [0.2, 0.25) is 0 Å². The Bertz CT molecular complexity index is 477. The molecular formula is C12H16BN3O2. The van der Waals surface area contributed by atoms with Crippen molar-refractivity contribution in [2.75, 3.05) is 0 Å². The summed E-state index contributed by atoms with van der Waals surface area (Å²) in [6, 6.07) is 7.21. The number of hydrogen-bond acceptors (Lipinski definition) is 3. The summed E-state index contributed by atoms with van der Waals surface area (Å²) in [6.45, 7) is 8.06. The molecule has 1 aliphatic rings. The summed E-state index contributed by atoms with van der Waals surface area (Å²) in [4.78, 5) is 2.74. The van der Waals surface area contributed by atoms with Crippen LogP contribution in [-0.4, -0.2) is 18.3 Å². The summed E-state index contributed by atoms with van der Waals surface area (Å²) < 4.78 is 11.8. The van der Waals surface area contributed by atoms with Gasteiger partial charge in [-0.2, -0.15) is 0 Å². The molecule has 6 heteroatoms. The number of azide groups is 1. The Morgan fingerprint density at radius 3 is 2.00 bits per heavy atom. The van der Waals surface area contributed by atoms with Gasteiger partial charge in [0.1, 0.15) is 0 Å². The molecule has 5 nitrogen and oxygen atoms in total. The molecule has 1 aromatic rings. The predicted octanol–water partition coefficient (Wildman–Crippen LogP) is 2.93. The van der Waals surface area contributed by atoms with E-state index in [4.69, 9.17) is 14.8 Å². The quantitative estimate of drug-likeness (QED) is 0.348. The van der Waals surface area contributed by atoms with Crippen LogP contribution >= 0.6 is 0 Å². The third kappa shape index (κ3) is 2.23. The Balaban J connectivity index is 2.22.